The number of hydrogen-bond acceptors (Lipinski definition) is 8. The van der Waals surface area contributed by atoms with Gasteiger partial charge in [0, 0.05) is 38.0 Å². The van der Waals surface area contributed by atoms with Gasteiger partial charge in [0.2, 0.25) is 0 Å². The fourth-order valence-corrected chi connectivity index (χ4v) is 6.05. The van der Waals surface area contributed by atoms with E-state index in [1.807, 2.05) is 111 Å². The van der Waals surface area contributed by atoms with Gasteiger partial charge < -0.3 is 29.7 Å². The molecule has 1 fully saturated rings. The van der Waals surface area contributed by atoms with Crippen LogP contribution >= 0.6 is 0 Å². The number of benzene rings is 4. The molecule has 0 saturated carbocycles. The molecule has 0 radical (unpaired) electrons. The smallest absolute Gasteiger partial charge is 0.303 e. The van der Waals surface area contributed by atoms with E-state index in [2.05, 4.69) is 16.3 Å². The van der Waals surface area contributed by atoms with E-state index in [4.69, 9.17) is 14.2 Å². The van der Waals surface area contributed by atoms with E-state index in [1.54, 1.807) is 6.92 Å². The zero-order valence-corrected chi connectivity index (χ0v) is 28.5. The van der Waals surface area contributed by atoms with E-state index in [0.717, 1.165) is 38.9 Å². The molecule has 9 heteroatoms. The molecule has 258 valence electrons. The second kappa shape index (κ2) is 16.8. The molecule has 0 aliphatic carbocycles. The van der Waals surface area contributed by atoms with Gasteiger partial charge in [0.15, 0.2) is 12.4 Å². The van der Waals surface area contributed by atoms with Crippen molar-refractivity contribution in [3.05, 3.63) is 131 Å². The summed E-state index contributed by atoms with van der Waals surface area (Å²) in [7, 11) is 2.00. The Morgan fingerprint density at radius 3 is 2.27 bits per heavy atom. The number of esters is 1. The maximum absolute atomic E-state index is 12.4. The summed E-state index contributed by atoms with van der Waals surface area (Å²) < 4.78 is 18.2. The van der Waals surface area contributed by atoms with Crippen LogP contribution in [0.15, 0.2) is 103 Å². The van der Waals surface area contributed by atoms with Gasteiger partial charge in [0.05, 0.1) is 24.9 Å². The van der Waals surface area contributed by atoms with Crippen LogP contribution in [-0.4, -0.2) is 58.8 Å². The number of likely N-dealkylation sites (N-methyl/N-ethyl adjacent to an activating group) is 1. The Kier molecular flexibility index (Phi) is 12.3. The third-order valence-electron chi connectivity index (χ3n) is 9.00. The molecule has 9 nitrogen and oxygen atoms in total. The molecule has 6 atom stereocenters. The molecule has 0 bridgehead atoms. The van der Waals surface area contributed by atoms with Crippen LogP contribution in [0.4, 0.5) is 0 Å². The molecule has 4 aromatic rings. The number of aliphatic hydroxyl groups excluding tert-OH is 2. The number of hydrogen-bond donors (Lipinski definition) is 3. The van der Waals surface area contributed by atoms with Crippen LogP contribution in [0, 0.1) is 0 Å². The molecule has 1 aliphatic heterocycles. The van der Waals surface area contributed by atoms with Gasteiger partial charge in [0.1, 0.15) is 0 Å². The second-order valence-electron chi connectivity index (χ2n) is 12.7. The first-order chi connectivity index (χ1) is 23.6. The number of amides is 1. The van der Waals surface area contributed by atoms with Gasteiger partial charge in [-0.1, -0.05) is 91.0 Å². The SMILES string of the molecule is CC(=O)O[C@@H](C)C(=O)NCc1cccc(-c2cccc([C@H]3O[C@@H](CN(C)[C@H](C)[C@@H](O)c4ccccc4)C[C@@H](c4ccc(CO)cc4)O3)c2)c1. The van der Waals surface area contributed by atoms with E-state index in [9.17, 15) is 19.8 Å². The molecular weight excluding hydrogens is 620 g/mol. The van der Waals surface area contributed by atoms with Gasteiger partial charge in [-0.05, 0) is 66.4 Å². The van der Waals surface area contributed by atoms with Crippen molar-refractivity contribution < 1.29 is 34.0 Å². The average molecular weight is 667 g/mol. The number of nitrogens with zero attached hydrogens (tertiary/aromatic N) is 1. The molecule has 3 N–H and O–H groups in total. The lowest BCUT2D eigenvalue weighted by molar-refractivity contribution is -0.253. The monoisotopic (exact) mass is 666 g/mol. The fraction of sp³-hybridized carbons (Fsp3) is 0.350. The van der Waals surface area contributed by atoms with Crippen LogP contribution in [0.25, 0.3) is 11.1 Å². The van der Waals surface area contributed by atoms with Crippen molar-refractivity contribution in [2.75, 3.05) is 13.6 Å². The predicted molar refractivity (Wildman–Crippen MR) is 187 cm³/mol. The largest absolute Gasteiger partial charge is 0.453 e. The van der Waals surface area contributed by atoms with Crippen LogP contribution in [0.5, 0.6) is 0 Å². The van der Waals surface area contributed by atoms with E-state index < -0.39 is 24.5 Å². The molecule has 1 amide bonds. The third kappa shape index (κ3) is 9.62. The van der Waals surface area contributed by atoms with Crippen molar-refractivity contribution in [1.82, 2.24) is 10.2 Å². The lowest BCUT2D eigenvalue weighted by Crippen LogP contribution is -2.43. The van der Waals surface area contributed by atoms with Crippen molar-refractivity contribution in [3.8, 4) is 11.1 Å². The Hall–Kier alpha value is -4.38. The highest BCUT2D eigenvalue weighted by molar-refractivity contribution is 5.82. The minimum Gasteiger partial charge on any atom is -0.453 e. The molecule has 4 aromatic carbocycles. The minimum absolute atomic E-state index is 0.0274. The molecule has 49 heavy (non-hydrogen) atoms. The van der Waals surface area contributed by atoms with Gasteiger partial charge in [-0.15, -0.1) is 0 Å². The fourth-order valence-electron chi connectivity index (χ4n) is 6.05. The van der Waals surface area contributed by atoms with Crippen LogP contribution in [0.2, 0.25) is 0 Å². The molecule has 0 unspecified atom stereocenters. The van der Waals surface area contributed by atoms with Crippen LogP contribution in [0.3, 0.4) is 0 Å². The van der Waals surface area contributed by atoms with Crippen LogP contribution in [0.1, 0.15) is 73.5 Å². The van der Waals surface area contributed by atoms with E-state index in [-0.39, 0.29) is 37.3 Å². The number of carbonyl (C=O) groups excluding carboxylic acids is 2. The molecular formula is C40H46N2O7. The molecule has 5 rings (SSSR count). The molecule has 1 aliphatic rings. The molecule has 0 spiro atoms. The maximum Gasteiger partial charge on any atom is 0.303 e. The highest BCUT2D eigenvalue weighted by atomic mass is 16.7. The van der Waals surface area contributed by atoms with E-state index in [1.165, 1.54) is 6.92 Å². The normalized spacial score (nSPS) is 19.5. The van der Waals surface area contributed by atoms with Gasteiger partial charge in [-0.3, -0.25) is 14.5 Å². The number of aliphatic hydroxyl groups is 2. The molecule has 0 aromatic heterocycles. The molecule has 1 heterocycles. The molecule has 1 saturated heterocycles. The summed E-state index contributed by atoms with van der Waals surface area (Å²) >= 11 is 0. The van der Waals surface area contributed by atoms with Gasteiger partial charge in [0.25, 0.3) is 5.91 Å². The summed E-state index contributed by atoms with van der Waals surface area (Å²) in [6.07, 6.45) is -1.98. The number of nitrogens with one attached hydrogen (secondary N) is 1. The standard InChI is InChI=1S/C40H46N2O7/c1-26(38(45)32-11-6-5-7-12-32)42(4)24-36-22-37(31-18-16-29(25-43)17-19-31)49-40(48-36)35-15-9-14-34(21-35)33-13-8-10-30(20-33)23-41-39(46)27(2)47-28(3)44/h5-21,26-27,36-38,40,43,45H,22-25H2,1-4H3,(H,41,46)/t26-,27+,36-,37+,38-,40+/m1/s1. The van der Waals surface area contributed by atoms with E-state index in [0.29, 0.717) is 13.0 Å². The Bertz CT molecular complexity index is 1680. The summed E-state index contributed by atoms with van der Waals surface area (Å²) in [4.78, 5) is 25.7. The Labute approximate surface area is 288 Å². The minimum atomic E-state index is -0.870. The summed E-state index contributed by atoms with van der Waals surface area (Å²) in [5, 5.41) is 23.5. The zero-order chi connectivity index (χ0) is 34.9. The maximum atomic E-state index is 12.4. The summed E-state index contributed by atoms with van der Waals surface area (Å²) in [5.41, 5.74) is 6.41. The summed E-state index contributed by atoms with van der Waals surface area (Å²) in [6, 6.07) is 33.3. The predicted octanol–water partition coefficient (Wildman–Crippen LogP) is 6.01. The topological polar surface area (TPSA) is 118 Å². The number of carbonyl (C=O) groups is 2. The lowest BCUT2D eigenvalue weighted by atomic mass is 9.97. The first-order valence-corrected chi connectivity index (χ1v) is 16.7. The Morgan fingerprint density at radius 2 is 1.57 bits per heavy atom. The first-order valence-electron chi connectivity index (χ1n) is 16.7. The number of rotatable bonds is 13. The second-order valence-corrected chi connectivity index (χ2v) is 12.7. The van der Waals surface area contributed by atoms with E-state index >= 15 is 0 Å². The highest BCUT2D eigenvalue weighted by Gasteiger charge is 2.34. The van der Waals surface area contributed by atoms with Crippen molar-refractivity contribution in [1.29, 1.82) is 0 Å². The first kappa shape index (κ1) is 35.9. The Balaban J connectivity index is 1.34. The average Bonchev–Trinajstić information content (AvgIpc) is 3.13. The Morgan fingerprint density at radius 1 is 0.878 bits per heavy atom. The quantitative estimate of drug-likeness (QED) is 0.149. The van der Waals surface area contributed by atoms with Crippen molar-refractivity contribution in [3.63, 3.8) is 0 Å². The zero-order valence-electron chi connectivity index (χ0n) is 28.5. The number of ether oxygens (including phenoxy) is 3. The highest BCUT2D eigenvalue weighted by Crippen LogP contribution is 2.39. The van der Waals surface area contributed by atoms with Gasteiger partial charge in [-0.25, -0.2) is 0 Å². The van der Waals surface area contributed by atoms with Crippen LogP contribution in [-0.2, 0) is 37.0 Å². The van der Waals surface area contributed by atoms with Crippen LogP contribution < -0.4 is 5.32 Å². The van der Waals surface area contributed by atoms with Crippen molar-refractivity contribution in [2.45, 2.75) is 77.1 Å². The third-order valence-corrected chi connectivity index (χ3v) is 9.00. The van der Waals surface area contributed by atoms with Crippen molar-refractivity contribution in [2.24, 2.45) is 0 Å². The van der Waals surface area contributed by atoms with Gasteiger partial charge in [-0.2, -0.15) is 0 Å². The van der Waals surface area contributed by atoms with Crippen molar-refractivity contribution >= 4 is 11.9 Å². The lowest BCUT2D eigenvalue weighted by Gasteiger charge is -2.39. The summed E-state index contributed by atoms with van der Waals surface area (Å²) in [5.74, 6) is -0.866. The summed E-state index contributed by atoms with van der Waals surface area (Å²) in [6.45, 7) is 5.68. The van der Waals surface area contributed by atoms with Gasteiger partial charge >= 0.3 is 5.97 Å².